The summed E-state index contributed by atoms with van der Waals surface area (Å²) in [6.45, 7) is 7.52. The Balaban J connectivity index is 2.02. The van der Waals surface area contributed by atoms with E-state index < -0.39 is 10.5 Å². The highest BCUT2D eigenvalue weighted by molar-refractivity contribution is 9.10. The van der Waals surface area contributed by atoms with Gasteiger partial charge in [-0.2, -0.15) is 0 Å². The van der Waals surface area contributed by atoms with Gasteiger partial charge in [0.2, 0.25) is 0 Å². The number of nitro groups is 1. The third kappa shape index (κ3) is 4.78. The Morgan fingerprint density at radius 2 is 1.91 bits per heavy atom. The van der Waals surface area contributed by atoms with E-state index in [4.69, 9.17) is 4.74 Å². The second-order valence-electron chi connectivity index (χ2n) is 6.22. The number of aromatic nitrogens is 1. The number of carbonyl (C=O) groups is 1. The van der Waals surface area contributed by atoms with Gasteiger partial charge in [-0.1, -0.05) is 0 Å². The standard InChI is InChI=1S/C14H19BrN4O4/c1-14(2,3)23-13(20)18-6-4-17(5-7-18)12-9-10(19(21)22)8-11(15)16-12/h8-9H,4-7H2,1-3H3. The maximum Gasteiger partial charge on any atom is 0.410 e. The molecule has 0 N–H and O–H groups in total. The Labute approximate surface area is 142 Å². The van der Waals surface area contributed by atoms with Crippen LogP contribution in [0.5, 0.6) is 0 Å². The minimum absolute atomic E-state index is 0.0172. The van der Waals surface area contributed by atoms with Crippen LogP contribution >= 0.6 is 15.9 Å². The van der Waals surface area contributed by atoms with E-state index in [1.807, 2.05) is 25.7 Å². The molecule has 2 heterocycles. The lowest BCUT2D eigenvalue weighted by atomic mass is 10.2. The molecule has 23 heavy (non-hydrogen) atoms. The molecule has 1 aliphatic heterocycles. The predicted octanol–water partition coefficient (Wildman–Crippen LogP) is 2.81. The van der Waals surface area contributed by atoms with E-state index >= 15 is 0 Å². The number of piperazine rings is 1. The zero-order valence-corrected chi connectivity index (χ0v) is 14.9. The summed E-state index contributed by atoms with van der Waals surface area (Å²) in [5.74, 6) is 0.523. The van der Waals surface area contributed by atoms with Gasteiger partial charge in [-0.25, -0.2) is 9.78 Å². The summed E-state index contributed by atoms with van der Waals surface area (Å²) >= 11 is 3.19. The van der Waals surface area contributed by atoms with Crippen molar-refractivity contribution in [3.63, 3.8) is 0 Å². The summed E-state index contributed by atoms with van der Waals surface area (Å²) in [6, 6.07) is 2.80. The molecule has 0 bridgehead atoms. The van der Waals surface area contributed by atoms with E-state index in [1.54, 1.807) is 4.90 Å². The van der Waals surface area contributed by atoms with E-state index in [-0.39, 0.29) is 11.8 Å². The highest BCUT2D eigenvalue weighted by atomic mass is 79.9. The maximum absolute atomic E-state index is 12.0. The molecule has 126 valence electrons. The van der Waals surface area contributed by atoms with Crippen LogP contribution < -0.4 is 4.90 Å². The molecular weight excluding hydrogens is 368 g/mol. The highest BCUT2D eigenvalue weighted by Crippen LogP contribution is 2.24. The Morgan fingerprint density at radius 3 is 2.43 bits per heavy atom. The molecule has 0 saturated carbocycles. The third-order valence-corrected chi connectivity index (χ3v) is 3.64. The van der Waals surface area contributed by atoms with Crippen LogP contribution in [0.1, 0.15) is 20.8 Å². The molecule has 1 aliphatic rings. The first-order chi connectivity index (χ1) is 10.7. The van der Waals surface area contributed by atoms with Crippen molar-refractivity contribution in [3.05, 3.63) is 26.9 Å². The van der Waals surface area contributed by atoms with Gasteiger partial charge in [-0.15, -0.1) is 0 Å². The fourth-order valence-corrected chi connectivity index (χ4v) is 2.60. The average molecular weight is 387 g/mol. The average Bonchev–Trinajstić information content (AvgIpc) is 2.45. The smallest absolute Gasteiger partial charge is 0.410 e. The minimum atomic E-state index is -0.527. The minimum Gasteiger partial charge on any atom is -0.444 e. The Morgan fingerprint density at radius 1 is 1.30 bits per heavy atom. The zero-order chi connectivity index (χ0) is 17.2. The normalized spacial score (nSPS) is 15.5. The van der Waals surface area contributed by atoms with Crippen LogP contribution in [0.2, 0.25) is 0 Å². The lowest BCUT2D eigenvalue weighted by molar-refractivity contribution is -0.384. The van der Waals surface area contributed by atoms with Gasteiger partial charge in [0, 0.05) is 32.2 Å². The quantitative estimate of drug-likeness (QED) is 0.441. The van der Waals surface area contributed by atoms with E-state index in [1.165, 1.54) is 12.1 Å². The molecule has 8 nitrogen and oxygen atoms in total. The van der Waals surface area contributed by atoms with E-state index in [0.29, 0.717) is 36.6 Å². The summed E-state index contributed by atoms with van der Waals surface area (Å²) in [5.41, 5.74) is -0.544. The predicted molar refractivity (Wildman–Crippen MR) is 88.6 cm³/mol. The Kier molecular flexibility index (Phi) is 5.08. The van der Waals surface area contributed by atoms with Crippen LogP contribution in [0.4, 0.5) is 16.3 Å². The third-order valence-electron chi connectivity index (χ3n) is 3.23. The summed E-state index contributed by atoms with van der Waals surface area (Å²) in [5, 5.41) is 10.9. The number of hydrogen-bond donors (Lipinski definition) is 0. The van der Waals surface area contributed by atoms with Crippen molar-refractivity contribution in [3.8, 4) is 0 Å². The maximum atomic E-state index is 12.0. The molecule has 0 unspecified atom stereocenters. The summed E-state index contributed by atoms with van der Waals surface area (Å²) in [7, 11) is 0. The van der Waals surface area contributed by atoms with Gasteiger partial charge < -0.3 is 14.5 Å². The molecule has 9 heteroatoms. The molecule has 0 spiro atoms. The Bertz CT molecular complexity index is 609. The first-order valence-corrected chi connectivity index (χ1v) is 8.00. The fraction of sp³-hybridized carbons (Fsp3) is 0.571. The first kappa shape index (κ1) is 17.5. The number of amides is 1. The van der Waals surface area contributed by atoms with Gasteiger partial charge in [0.25, 0.3) is 5.69 Å². The van der Waals surface area contributed by atoms with Crippen molar-refractivity contribution in [2.24, 2.45) is 0 Å². The first-order valence-electron chi connectivity index (χ1n) is 7.20. The van der Waals surface area contributed by atoms with Crippen molar-refractivity contribution in [2.45, 2.75) is 26.4 Å². The molecule has 1 fully saturated rings. The second-order valence-corrected chi connectivity index (χ2v) is 7.03. The largest absolute Gasteiger partial charge is 0.444 e. The molecule has 1 saturated heterocycles. The van der Waals surface area contributed by atoms with Crippen molar-refractivity contribution >= 4 is 33.5 Å². The number of ether oxygens (including phenoxy) is 1. The Hall–Kier alpha value is -1.90. The molecule has 1 amide bonds. The molecule has 1 aromatic rings. The zero-order valence-electron chi connectivity index (χ0n) is 13.3. The number of nitrogens with zero attached hydrogens (tertiary/aromatic N) is 4. The number of rotatable bonds is 2. The SMILES string of the molecule is CC(C)(C)OC(=O)N1CCN(c2cc([N+](=O)[O-])cc(Br)n2)CC1. The van der Waals surface area contributed by atoms with Gasteiger partial charge in [0.05, 0.1) is 11.0 Å². The molecule has 1 aromatic heterocycles. The topological polar surface area (TPSA) is 88.8 Å². The van der Waals surface area contributed by atoms with Gasteiger partial charge in [0.15, 0.2) is 0 Å². The van der Waals surface area contributed by atoms with Crippen molar-refractivity contribution in [2.75, 3.05) is 31.1 Å². The van der Waals surface area contributed by atoms with Crippen molar-refractivity contribution < 1.29 is 14.5 Å². The monoisotopic (exact) mass is 386 g/mol. The highest BCUT2D eigenvalue weighted by Gasteiger charge is 2.27. The van der Waals surface area contributed by atoms with Crippen LogP contribution in [-0.2, 0) is 4.74 Å². The summed E-state index contributed by atoms with van der Waals surface area (Å²) in [4.78, 5) is 30.3. The van der Waals surface area contributed by atoms with Crippen LogP contribution in [0.15, 0.2) is 16.7 Å². The molecule has 0 aromatic carbocycles. The lowest BCUT2D eigenvalue weighted by Gasteiger charge is -2.36. The van der Waals surface area contributed by atoms with E-state index in [9.17, 15) is 14.9 Å². The van der Waals surface area contributed by atoms with Crippen LogP contribution in [0.3, 0.4) is 0 Å². The van der Waals surface area contributed by atoms with Gasteiger partial charge >= 0.3 is 6.09 Å². The van der Waals surface area contributed by atoms with Gasteiger partial charge in [-0.05, 0) is 36.7 Å². The number of anilines is 1. The molecule has 0 radical (unpaired) electrons. The van der Waals surface area contributed by atoms with Crippen molar-refractivity contribution in [1.82, 2.24) is 9.88 Å². The van der Waals surface area contributed by atoms with Crippen molar-refractivity contribution in [1.29, 1.82) is 0 Å². The van der Waals surface area contributed by atoms with Crippen LogP contribution in [-0.4, -0.2) is 52.7 Å². The number of carbonyl (C=O) groups excluding carboxylic acids is 1. The molecule has 0 atom stereocenters. The van der Waals surface area contributed by atoms with E-state index in [2.05, 4.69) is 20.9 Å². The summed E-state index contributed by atoms with van der Waals surface area (Å²) in [6.07, 6.45) is -0.342. The molecular formula is C14H19BrN4O4. The van der Waals surface area contributed by atoms with Crippen LogP contribution in [0, 0.1) is 10.1 Å². The second kappa shape index (κ2) is 6.69. The van der Waals surface area contributed by atoms with E-state index in [0.717, 1.165) is 0 Å². The number of pyridine rings is 1. The van der Waals surface area contributed by atoms with Gasteiger partial charge in [-0.3, -0.25) is 10.1 Å². The van der Waals surface area contributed by atoms with Gasteiger partial charge in [0.1, 0.15) is 16.0 Å². The summed E-state index contributed by atoms with van der Waals surface area (Å²) < 4.78 is 5.76. The fourth-order valence-electron chi connectivity index (χ4n) is 2.18. The lowest BCUT2D eigenvalue weighted by Crippen LogP contribution is -2.50. The number of halogens is 1. The molecule has 0 aliphatic carbocycles. The van der Waals surface area contributed by atoms with Crippen LogP contribution in [0.25, 0.3) is 0 Å². The number of hydrogen-bond acceptors (Lipinski definition) is 6. The molecule has 2 rings (SSSR count).